The second kappa shape index (κ2) is 7.90. The lowest BCUT2D eigenvalue weighted by atomic mass is 10.0. The Morgan fingerprint density at radius 2 is 2.14 bits per heavy atom. The number of rotatable bonds is 4. The van der Waals surface area contributed by atoms with E-state index in [2.05, 4.69) is 37.3 Å². The molecule has 0 unspecified atom stereocenters. The van der Waals surface area contributed by atoms with Crippen molar-refractivity contribution >= 4 is 50.1 Å². The monoisotopic (exact) mass is 478 g/mol. The van der Waals surface area contributed by atoms with E-state index in [-0.39, 0.29) is 5.69 Å². The summed E-state index contributed by atoms with van der Waals surface area (Å²) in [7, 11) is 0. The van der Waals surface area contributed by atoms with E-state index in [1.807, 2.05) is 37.0 Å². The van der Waals surface area contributed by atoms with E-state index in [1.165, 1.54) is 5.56 Å². The Hall–Kier alpha value is -1.81. The maximum absolute atomic E-state index is 12.6. The van der Waals surface area contributed by atoms with Gasteiger partial charge in [-0.1, -0.05) is 6.08 Å². The largest absolute Gasteiger partial charge is 0.387 e. The van der Waals surface area contributed by atoms with Gasteiger partial charge >= 0.3 is 5.69 Å². The van der Waals surface area contributed by atoms with Gasteiger partial charge in [0.2, 0.25) is 5.95 Å². The van der Waals surface area contributed by atoms with E-state index in [1.54, 1.807) is 27.2 Å². The lowest BCUT2D eigenvalue weighted by molar-refractivity contribution is 0.233. The molecular weight excluding hydrogens is 460 g/mol. The number of thiophene rings is 2. The Morgan fingerprint density at radius 1 is 1.32 bits per heavy atom. The van der Waals surface area contributed by atoms with Crippen LogP contribution in [0, 0.1) is 13.8 Å². The number of hydrogen-bond donors (Lipinski definition) is 1. The van der Waals surface area contributed by atoms with Crippen molar-refractivity contribution in [3.8, 4) is 0 Å². The molecule has 0 radical (unpaired) electrons. The van der Waals surface area contributed by atoms with Gasteiger partial charge in [0, 0.05) is 16.3 Å². The van der Waals surface area contributed by atoms with Gasteiger partial charge in [0.15, 0.2) is 0 Å². The lowest BCUT2D eigenvalue weighted by Crippen LogP contribution is -2.40. The molecule has 0 amide bonds. The van der Waals surface area contributed by atoms with E-state index < -0.39 is 6.10 Å². The summed E-state index contributed by atoms with van der Waals surface area (Å²) >= 11 is 6.66. The van der Waals surface area contributed by atoms with Gasteiger partial charge in [0.25, 0.3) is 0 Å². The fourth-order valence-corrected chi connectivity index (χ4v) is 5.63. The van der Waals surface area contributed by atoms with Crippen molar-refractivity contribution in [2.24, 2.45) is 0 Å². The molecule has 0 spiro atoms. The fraction of sp³-hybridized carbons (Fsp3) is 0.316. The molecule has 9 heteroatoms. The van der Waals surface area contributed by atoms with Gasteiger partial charge in [-0.3, -0.25) is 4.57 Å². The Morgan fingerprint density at radius 3 is 2.75 bits per heavy atom. The highest BCUT2D eigenvalue weighted by Gasteiger charge is 2.25. The highest BCUT2D eigenvalue weighted by molar-refractivity contribution is 9.11. The molecule has 1 aliphatic heterocycles. The van der Waals surface area contributed by atoms with Crippen molar-refractivity contribution in [1.29, 1.82) is 0 Å². The van der Waals surface area contributed by atoms with Crippen LogP contribution in [0.15, 0.2) is 38.2 Å². The second-order valence-electron chi connectivity index (χ2n) is 6.71. The maximum atomic E-state index is 12.6. The van der Waals surface area contributed by atoms with Crippen molar-refractivity contribution in [2.45, 2.75) is 26.5 Å². The molecule has 1 N–H and O–H groups in total. The van der Waals surface area contributed by atoms with Crippen LogP contribution in [0.2, 0.25) is 0 Å². The zero-order chi connectivity index (χ0) is 19.8. The molecule has 4 heterocycles. The molecule has 0 saturated heterocycles. The van der Waals surface area contributed by atoms with Crippen LogP contribution in [0.5, 0.6) is 0 Å². The summed E-state index contributed by atoms with van der Waals surface area (Å²) < 4.78 is 2.59. The molecule has 1 atom stereocenters. The van der Waals surface area contributed by atoms with Crippen LogP contribution < -0.4 is 10.6 Å². The normalized spacial score (nSPS) is 17.1. The van der Waals surface area contributed by atoms with Crippen molar-refractivity contribution in [3.63, 3.8) is 0 Å². The molecule has 0 aromatic carbocycles. The number of nitrogens with zero attached hydrogens (tertiary/aromatic N) is 4. The summed E-state index contributed by atoms with van der Waals surface area (Å²) in [4.78, 5) is 25.3. The van der Waals surface area contributed by atoms with Crippen LogP contribution in [-0.2, 0) is 6.54 Å². The Kier molecular flexibility index (Phi) is 5.50. The molecule has 3 aromatic heterocycles. The SMILES string of the molecule is Cc1csc(C2=CCN(c3nc(C)n(Cc4ccc(Br)s4)c(=O)n3)C[C@@H]2O)c1. The Labute approximate surface area is 179 Å². The standard InChI is InChI=1S/C19H19BrN4O2S2/c1-11-7-16(27-10-11)14-5-6-23(9-15(14)25)18-21-12(2)24(19(26)22-18)8-13-3-4-17(20)28-13/h3-5,7,10,15,25H,6,8-9H2,1-2H3/t15-/m0/s1. The summed E-state index contributed by atoms with van der Waals surface area (Å²) in [5, 5.41) is 12.7. The van der Waals surface area contributed by atoms with Crippen LogP contribution in [0.25, 0.3) is 5.57 Å². The Balaban J connectivity index is 1.57. The van der Waals surface area contributed by atoms with E-state index in [9.17, 15) is 9.90 Å². The number of anilines is 1. The molecule has 146 valence electrons. The minimum Gasteiger partial charge on any atom is -0.387 e. The molecule has 0 fully saturated rings. The molecule has 4 rings (SSSR count). The molecule has 3 aromatic rings. The third-order valence-corrected chi connectivity index (χ3v) is 7.31. The smallest absolute Gasteiger partial charge is 0.352 e. The van der Waals surface area contributed by atoms with Gasteiger partial charge in [0.05, 0.1) is 23.0 Å². The zero-order valence-electron chi connectivity index (χ0n) is 15.4. The van der Waals surface area contributed by atoms with Gasteiger partial charge in [-0.15, -0.1) is 22.7 Å². The Bertz CT molecular complexity index is 1100. The van der Waals surface area contributed by atoms with Crippen LogP contribution in [-0.4, -0.2) is 38.8 Å². The van der Waals surface area contributed by atoms with E-state index in [0.29, 0.717) is 31.4 Å². The number of aliphatic hydroxyl groups is 1. The average Bonchev–Trinajstić information content (AvgIpc) is 3.26. The van der Waals surface area contributed by atoms with Crippen LogP contribution in [0.3, 0.4) is 0 Å². The first-order valence-corrected chi connectivity index (χ1v) is 11.3. The first-order chi connectivity index (χ1) is 13.4. The fourth-order valence-electron chi connectivity index (χ4n) is 3.17. The van der Waals surface area contributed by atoms with Gasteiger partial charge in [-0.05, 0) is 64.5 Å². The first-order valence-electron chi connectivity index (χ1n) is 8.79. The van der Waals surface area contributed by atoms with Gasteiger partial charge in [-0.2, -0.15) is 9.97 Å². The summed E-state index contributed by atoms with van der Waals surface area (Å²) in [6, 6.07) is 6.03. The highest BCUT2D eigenvalue weighted by Crippen LogP contribution is 2.29. The predicted molar refractivity (Wildman–Crippen MR) is 117 cm³/mol. The molecule has 1 aliphatic rings. The molecule has 0 saturated carbocycles. The van der Waals surface area contributed by atoms with Gasteiger partial charge in [-0.25, -0.2) is 4.79 Å². The molecular formula is C19H19BrN4O2S2. The second-order valence-corrected chi connectivity index (χ2v) is 10.2. The third kappa shape index (κ3) is 3.98. The zero-order valence-corrected chi connectivity index (χ0v) is 18.6. The van der Waals surface area contributed by atoms with Gasteiger partial charge in [0.1, 0.15) is 5.82 Å². The summed E-state index contributed by atoms with van der Waals surface area (Å²) in [6.45, 7) is 5.23. The van der Waals surface area contributed by atoms with Crippen LogP contribution >= 0.6 is 38.6 Å². The molecule has 6 nitrogen and oxygen atoms in total. The van der Waals surface area contributed by atoms with E-state index >= 15 is 0 Å². The number of hydrogen-bond acceptors (Lipinski definition) is 7. The van der Waals surface area contributed by atoms with Crippen LogP contribution in [0.1, 0.15) is 21.1 Å². The number of halogens is 1. The number of aliphatic hydroxyl groups excluding tert-OH is 1. The maximum Gasteiger partial charge on any atom is 0.352 e. The summed E-state index contributed by atoms with van der Waals surface area (Å²) in [6.07, 6.45) is 1.36. The highest BCUT2D eigenvalue weighted by atomic mass is 79.9. The quantitative estimate of drug-likeness (QED) is 0.621. The van der Waals surface area contributed by atoms with Crippen molar-refractivity contribution in [2.75, 3.05) is 18.0 Å². The molecule has 28 heavy (non-hydrogen) atoms. The van der Waals surface area contributed by atoms with Crippen molar-refractivity contribution in [3.05, 3.63) is 65.1 Å². The minimum absolute atomic E-state index is 0.329. The molecule has 0 bridgehead atoms. The summed E-state index contributed by atoms with van der Waals surface area (Å²) in [5.74, 6) is 0.973. The van der Waals surface area contributed by atoms with Crippen molar-refractivity contribution in [1.82, 2.24) is 14.5 Å². The van der Waals surface area contributed by atoms with E-state index in [0.717, 1.165) is 19.1 Å². The topological polar surface area (TPSA) is 71.2 Å². The van der Waals surface area contributed by atoms with E-state index in [4.69, 9.17) is 0 Å². The third-order valence-electron chi connectivity index (χ3n) is 4.60. The van der Waals surface area contributed by atoms with Gasteiger partial charge < -0.3 is 10.0 Å². The molecule has 0 aliphatic carbocycles. The lowest BCUT2D eigenvalue weighted by Gasteiger charge is -2.30. The van der Waals surface area contributed by atoms with Crippen LogP contribution in [0.4, 0.5) is 5.95 Å². The van der Waals surface area contributed by atoms with Crippen molar-refractivity contribution < 1.29 is 5.11 Å². The first kappa shape index (κ1) is 19.5. The predicted octanol–water partition coefficient (Wildman–Crippen LogP) is 3.45. The number of aryl methyl sites for hydroxylation is 2. The summed E-state index contributed by atoms with van der Waals surface area (Å²) in [5.41, 5.74) is 1.80. The number of aromatic nitrogens is 3. The average molecular weight is 479 g/mol. The minimum atomic E-state index is -0.637. The number of β-amino-alcohol motifs (C(OH)–C–C–N with tert-alkyl or cyclic N) is 1.